The van der Waals surface area contributed by atoms with Crippen LogP contribution in [-0.4, -0.2) is 27.0 Å². The van der Waals surface area contributed by atoms with E-state index in [-0.39, 0.29) is 0 Å². The molecule has 17 heavy (non-hydrogen) atoms. The number of nitrogens with zero attached hydrogens (tertiary/aromatic N) is 2. The van der Waals surface area contributed by atoms with E-state index in [1.165, 1.54) is 0 Å². The number of halogens is 1. The summed E-state index contributed by atoms with van der Waals surface area (Å²) in [6, 6.07) is 0. The fraction of sp³-hybridized carbons (Fsp3) is 0.750. The Hall–Kier alpha value is -0.390. The summed E-state index contributed by atoms with van der Waals surface area (Å²) in [5.74, 6) is 0. The minimum Gasteiger partial charge on any atom is -0.389 e. The molecule has 4 nitrogen and oxygen atoms in total. The van der Waals surface area contributed by atoms with E-state index in [4.69, 9.17) is 0 Å². The summed E-state index contributed by atoms with van der Waals surface area (Å²) in [7, 11) is 1.93. The molecular formula is C12H22BrN3O. The molecule has 0 saturated carbocycles. The van der Waals surface area contributed by atoms with Crippen molar-refractivity contribution in [2.75, 3.05) is 6.54 Å². The van der Waals surface area contributed by atoms with Crippen molar-refractivity contribution in [3.8, 4) is 0 Å². The zero-order valence-electron chi connectivity index (χ0n) is 11.0. The fourth-order valence-electron chi connectivity index (χ4n) is 1.95. The highest BCUT2D eigenvalue weighted by molar-refractivity contribution is 9.10. The van der Waals surface area contributed by atoms with Crippen molar-refractivity contribution in [2.24, 2.45) is 7.05 Å². The summed E-state index contributed by atoms with van der Waals surface area (Å²) >= 11 is 3.53. The Morgan fingerprint density at radius 2 is 2.18 bits per heavy atom. The van der Waals surface area contributed by atoms with E-state index in [0.717, 1.165) is 28.7 Å². The van der Waals surface area contributed by atoms with Gasteiger partial charge in [0.1, 0.15) is 0 Å². The molecule has 1 rings (SSSR count). The molecule has 1 atom stereocenters. The Morgan fingerprint density at radius 1 is 1.53 bits per heavy atom. The maximum absolute atomic E-state index is 10.0. The van der Waals surface area contributed by atoms with E-state index in [9.17, 15) is 5.11 Å². The summed E-state index contributed by atoms with van der Waals surface area (Å²) in [4.78, 5) is 0. The van der Waals surface area contributed by atoms with Crippen LogP contribution in [0, 0.1) is 6.92 Å². The van der Waals surface area contributed by atoms with Gasteiger partial charge in [0.15, 0.2) is 0 Å². The molecule has 0 aromatic carbocycles. The second-order valence-corrected chi connectivity index (χ2v) is 5.61. The highest BCUT2D eigenvalue weighted by atomic mass is 79.9. The highest BCUT2D eigenvalue weighted by Gasteiger charge is 2.19. The maximum atomic E-state index is 10.0. The topological polar surface area (TPSA) is 50.1 Å². The third-order valence-electron chi connectivity index (χ3n) is 2.85. The average Bonchev–Trinajstić information content (AvgIpc) is 2.44. The number of hydrogen-bond donors (Lipinski definition) is 2. The van der Waals surface area contributed by atoms with Gasteiger partial charge in [-0.25, -0.2) is 0 Å². The van der Waals surface area contributed by atoms with Crippen molar-refractivity contribution in [1.82, 2.24) is 15.1 Å². The first kappa shape index (κ1) is 14.7. The van der Waals surface area contributed by atoms with Crippen LogP contribution in [0.1, 0.15) is 38.1 Å². The van der Waals surface area contributed by atoms with Gasteiger partial charge in [-0.15, -0.1) is 0 Å². The average molecular weight is 304 g/mol. The molecule has 0 aliphatic rings. The van der Waals surface area contributed by atoms with Gasteiger partial charge in [-0.1, -0.05) is 13.3 Å². The first-order valence-corrected chi connectivity index (χ1v) is 6.77. The van der Waals surface area contributed by atoms with Crippen LogP contribution in [0.25, 0.3) is 0 Å². The van der Waals surface area contributed by atoms with Gasteiger partial charge in [-0.2, -0.15) is 5.10 Å². The van der Waals surface area contributed by atoms with Crippen LogP contribution in [-0.2, 0) is 13.6 Å². The molecule has 0 amide bonds. The molecule has 0 aliphatic heterocycles. The van der Waals surface area contributed by atoms with Gasteiger partial charge in [0, 0.05) is 20.1 Å². The van der Waals surface area contributed by atoms with Crippen molar-refractivity contribution >= 4 is 15.9 Å². The third-order valence-corrected chi connectivity index (χ3v) is 3.88. The minimum absolute atomic E-state index is 0.595. The zero-order chi connectivity index (χ0) is 13.1. The SMILES string of the molecule is CCCC(C)(O)CNCc1c(Br)c(C)nn1C. The monoisotopic (exact) mass is 303 g/mol. The van der Waals surface area contributed by atoms with Gasteiger partial charge in [0.2, 0.25) is 0 Å². The Balaban J connectivity index is 2.51. The quantitative estimate of drug-likeness (QED) is 0.846. The summed E-state index contributed by atoms with van der Waals surface area (Å²) in [6.07, 6.45) is 1.80. The predicted octanol–water partition coefficient (Wildman–Crippen LogP) is 2.13. The first-order chi connectivity index (χ1) is 7.87. The third kappa shape index (κ3) is 4.08. The van der Waals surface area contributed by atoms with Gasteiger partial charge in [-0.3, -0.25) is 4.68 Å². The predicted molar refractivity (Wildman–Crippen MR) is 72.9 cm³/mol. The zero-order valence-corrected chi connectivity index (χ0v) is 12.6. The molecule has 0 aliphatic carbocycles. The molecule has 2 N–H and O–H groups in total. The fourth-order valence-corrected chi connectivity index (χ4v) is 2.43. The lowest BCUT2D eigenvalue weighted by molar-refractivity contribution is 0.0496. The van der Waals surface area contributed by atoms with E-state index in [2.05, 4.69) is 33.3 Å². The Kier molecular flexibility index (Phi) is 5.16. The Bertz CT molecular complexity index is 374. The van der Waals surface area contributed by atoms with Crippen LogP contribution >= 0.6 is 15.9 Å². The van der Waals surface area contributed by atoms with E-state index in [0.29, 0.717) is 13.1 Å². The lowest BCUT2D eigenvalue weighted by atomic mass is 10.0. The lowest BCUT2D eigenvalue weighted by Gasteiger charge is -2.23. The van der Waals surface area contributed by atoms with Gasteiger partial charge in [-0.05, 0) is 36.2 Å². The molecule has 0 fully saturated rings. The van der Waals surface area contributed by atoms with Gasteiger partial charge in [0.25, 0.3) is 0 Å². The maximum Gasteiger partial charge on any atom is 0.0743 e. The second-order valence-electron chi connectivity index (χ2n) is 4.82. The number of nitrogens with one attached hydrogen (secondary N) is 1. The molecular weight excluding hydrogens is 282 g/mol. The Morgan fingerprint density at radius 3 is 2.65 bits per heavy atom. The lowest BCUT2D eigenvalue weighted by Crippen LogP contribution is -2.37. The van der Waals surface area contributed by atoms with Crippen LogP contribution in [0.2, 0.25) is 0 Å². The highest BCUT2D eigenvalue weighted by Crippen LogP contribution is 2.20. The van der Waals surface area contributed by atoms with Crippen LogP contribution in [0.3, 0.4) is 0 Å². The van der Waals surface area contributed by atoms with Gasteiger partial charge >= 0.3 is 0 Å². The van der Waals surface area contributed by atoms with Crippen molar-refractivity contribution < 1.29 is 5.11 Å². The molecule has 98 valence electrons. The summed E-state index contributed by atoms with van der Waals surface area (Å²) < 4.78 is 2.91. The van der Waals surface area contributed by atoms with Gasteiger partial charge < -0.3 is 10.4 Å². The summed E-state index contributed by atoms with van der Waals surface area (Å²) in [5.41, 5.74) is 1.47. The smallest absolute Gasteiger partial charge is 0.0743 e. The number of aliphatic hydroxyl groups is 1. The molecule has 0 spiro atoms. The number of aryl methyl sites for hydroxylation is 2. The van der Waals surface area contributed by atoms with Crippen molar-refractivity contribution in [2.45, 2.75) is 45.8 Å². The molecule has 0 radical (unpaired) electrons. The van der Waals surface area contributed by atoms with E-state index in [1.807, 2.05) is 25.6 Å². The van der Waals surface area contributed by atoms with Crippen LogP contribution in [0.15, 0.2) is 4.47 Å². The van der Waals surface area contributed by atoms with Crippen LogP contribution < -0.4 is 5.32 Å². The van der Waals surface area contributed by atoms with Crippen LogP contribution in [0.4, 0.5) is 0 Å². The molecule has 1 heterocycles. The van der Waals surface area contributed by atoms with Gasteiger partial charge in [0.05, 0.1) is 21.5 Å². The summed E-state index contributed by atoms with van der Waals surface area (Å²) in [6.45, 7) is 7.22. The molecule has 0 bridgehead atoms. The molecule has 1 unspecified atom stereocenters. The largest absolute Gasteiger partial charge is 0.389 e. The molecule has 1 aromatic rings. The number of hydrogen-bond acceptors (Lipinski definition) is 3. The van der Waals surface area contributed by atoms with E-state index < -0.39 is 5.60 Å². The Labute approximate surface area is 112 Å². The summed E-state index contributed by atoms with van der Waals surface area (Å²) in [5, 5.41) is 17.6. The van der Waals surface area contributed by atoms with Crippen molar-refractivity contribution in [3.63, 3.8) is 0 Å². The van der Waals surface area contributed by atoms with E-state index in [1.54, 1.807) is 0 Å². The van der Waals surface area contributed by atoms with Crippen LogP contribution in [0.5, 0.6) is 0 Å². The standard InChI is InChI=1S/C12H22BrN3O/c1-5-6-12(3,17)8-14-7-10-11(13)9(2)15-16(10)4/h14,17H,5-8H2,1-4H3. The van der Waals surface area contributed by atoms with Crippen molar-refractivity contribution in [1.29, 1.82) is 0 Å². The number of rotatable bonds is 6. The second kappa shape index (κ2) is 5.98. The first-order valence-electron chi connectivity index (χ1n) is 5.98. The molecule has 0 saturated heterocycles. The number of aromatic nitrogens is 2. The van der Waals surface area contributed by atoms with E-state index >= 15 is 0 Å². The molecule has 5 heteroatoms. The normalized spacial score (nSPS) is 14.9. The minimum atomic E-state index is -0.630. The van der Waals surface area contributed by atoms with Crippen molar-refractivity contribution in [3.05, 3.63) is 15.9 Å². The molecule has 1 aromatic heterocycles.